The second kappa shape index (κ2) is 12.0. The Morgan fingerprint density at radius 1 is 1.21 bits per heavy atom. The lowest BCUT2D eigenvalue weighted by atomic mass is 10.1. The number of hydrogen-bond acceptors (Lipinski definition) is 6. The summed E-state index contributed by atoms with van der Waals surface area (Å²) in [6.07, 6.45) is 1.99. The van der Waals surface area contributed by atoms with Crippen LogP contribution in [0.3, 0.4) is 0 Å². The molecule has 8 nitrogen and oxygen atoms in total. The monoisotopic (exact) mass is 538 g/mol. The lowest BCUT2D eigenvalue weighted by Crippen LogP contribution is -2.35. The molecule has 3 aromatic heterocycles. The van der Waals surface area contributed by atoms with Gasteiger partial charge in [-0.05, 0) is 77.5 Å². The number of hydrogen-bond donors (Lipinski definition) is 1. The van der Waals surface area contributed by atoms with E-state index in [0.29, 0.717) is 33.3 Å². The van der Waals surface area contributed by atoms with Gasteiger partial charge in [-0.1, -0.05) is 19.9 Å². The molecule has 0 spiro atoms. The number of aromatic nitrogens is 4. The third-order valence-electron chi connectivity index (χ3n) is 6.77. The first kappa shape index (κ1) is 27.7. The van der Waals surface area contributed by atoms with Crippen molar-refractivity contribution in [2.45, 2.75) is 59.9 Å². The first-order valence-corrected chi connectivity index (χ1v) is 13.9. The highest BCUT2D eigenvalue weighted by Gasteiger charge is 2.20. The van der Waals surface area contributed by atoms with Crippen LogP contribution in [0.25, 0.3) is 21.9 Å². The fourth-order valence-electron chi connectivity index (χ4n) is 4.71. The van der Waals surface area contributed by atoms with E-state index in [1.165, 1.54) is 27.9 Å². The van der Waals surface area contributed by atoms with Gasteiger partial charge in [0.1, 0.15) is 11.5 Å². The van der Waals surface area contributed by atoms with Gasteiger partial charge in [-0.25, -0.2) is 14.1 Å². The zero-order valence-corrected chi connectivity index (χ0v) is 23.4. The molecule has 0 saturated carbocycles. The molecule has 0 bridgehead atoms. The molecule has 3 heterocycles. The van der Waals surface area contributed by atoms with Crippen LogP contribution in [0.2, 0.25) is 0 Å². The lowest BCUT2D eigenvalue weighted by molar-refractivity contribution is -0.121. The van der Waals surface area contributed by atoms with Crippen molar-refractivity contribution in [3.05, 3.63) is 69.0 Å². The highest BCUT2D eigenvalue weighted by Crippen LogP contribution is 2.24. The molecule has 4 aromatic rings. The molecule has 1 amide bonds. The Hall–Kier alpha value is -3.37. The van der Waals surface area contributed by atoms with Crippen LogP contribution in [0.15, 0.2) is 40.5 Å². The average molecular weight is 539 g/mol. The quantitative estimate of drug-likeness (QED) is 0.303. The number of nitrogens with zero attached hydrogens (tertiary/aromatic N) is 5. The fraction of sp³-hybridized carbons (Fsp3) is 0.429. The highest BCUT2D eigenvalue weighted by atomic mass is 32.1. The summed E-state index contributed by atoms with van der Waals surface area (Å²) in [4.78, 5) is 34.1. The average Bonchev–Trinajstić information content (AvgIpc) is 3.44. The van der Waals surface area contributed by atoms with E-state index in [-0.39, 0.29) is 29.7 Å². The first-order valence-electron chi connectivity index (χ1n) is 13.1. The number of fused-ring (bicyclic) bond motifs is 1. The summed E-state index contributed by atoms with van der Waals surface area (Å²) in [7, 11) is 0. The number of rotatable bonds is 11. The molecule has 1 atom stereocenters. The Labute approximate surface area is 226 Å². The summed E-state index contributed by atoms with van der Waals surface area (Å²) in [6, 6.07) is 7.98. The van der Waals surface area contributed by atoms with Crippen LogP contribution in [-0.2, 0) is 11.2 Å². The van der Waals surface area contributed by atoms with Crippen LogP contribution in [0, 0.1) is 19.7 Å². The number of nitrogens with one attached hydrogen (secondary N) is 1. The van der Waals surface area contributed by atoms with Crippen molar-refractivity contribution in [3.8, 4) is 16.9 Å². The van der Waals surface area contributed by atoms with Crippen LogP contribution >= 0.6 is 11.3 Å². The number of aryl methyl sites for hydroxylation is 2. The van der Waals surface area contributed by atoms with Gasteiger partial charge in [0.25, 0.3) is 5.56 Å². The van der Waals surface area contributed by atoms with Gasteiger partial charge in [-0.3, -0.25) is 14.0 Å². The van der Waals surface area contributed by atoms with Gasteiger partial charge in [-0.2, -0.15) is 5.10 Å². The van der Waals surface area contributed by atoms with Crippen LogP contribution in [0.1, 0.15) is 50.7 Å². The number of carbonyl (C=O) groups is 1. The van der Waals surface area contributed by atoms with E-state index in [1.54, 1.807) is 29.8 Å². The van der Waals surface area contributed by atoms with Gasteiger partial charge in [0, 0.05) is 22.8 Å². The second-order valence-electron chi connectivity index (χ2n) is 9.60. The number of benzene rings is 1. The van der Waals surface area contributed by atoms with E-state index < -0.39 is 0 Å². The Morgan fingerprint density at radius 3 is 2.68 bits per heavy atom. The molecular weight excluding hydrogens is 503 g/mol. The molecule has 4 rings (SSSR count). The van der Waals surface area contributed by atoms with Crippen molar-refractivity contribution >= 4 is 22.2 Å². The number of carbonyl (C=O) groups excluding carboxylic acids is 1. The number of thiazole rings is 1. The molecule has 1 N–H and O–H groups in total. The molecular formula is C28H35FN6O2S. The van der Waals surface area contributed by atoms with E-state index in [2.05, 4.69) is 34.1 Å². The number of amides is 1. The molecule has 10 heteroatoms. The third-order valence-corrected chi connectivity index (χ3v) is 7.65. The highest BCUT2D eigenvalue weighted by molar-refractivity contribution is 7.15. The summed E-state index contributed by atoms with van der Waals surface area (Å²) in [5, 5.41) is 9.49. The minimum Gasteiger partial charge on any atom is -0.353 e. The molecule has 202 valence electrons. The molecule has 0 fully saturated rings. The van der Waals surface area contributed by atoms with Crippen molar-refractivity contribution in [1.82, 2.24) is 29.4 Å². The van der Waals surface area contributed by atoms with Crippen LogP contribution in [-0.4, -0.2) is 55.6 Å². The fourth-order valence-corrected chi connectivity index (χ4v) is 5.64. The summed E-state index contributed by atoms with van der Waals surface area (Å²) < 4.78 is 16.9. The Morgan fingerprint density at radius 2 is 1.97 bits per heavy atom. The predicted molar refractivity (Wildman–Crippen MR) is 150 cm³/mol. The Bertz CT molecular complexity index is 1490. The molecule has 0 radical (unpaired) electrons. The molecule has 0 saturated heterocycles. The summed E-state index contributed by atoms with van der Waals surface area (Å²) in [5.41, 5.74) is 3.03. The normalized spacial score (nSPS) is 12.4. The SMILES string of the molecule is CCN(CC)CCCC(C)NC(=O)Cc1csc2nc(C)c(-c3cc(C)n(-c4cccc(F)c4)n3)c(=O)n12. The third kappa shape index (κ3) is 6.02. The first-order chi connectivity index (χ1) is 18.2. The van der Waals surface area contributed by atoms with E-state index in [1.807, 2.05) is 19.2 Å². The standard InChI is InChI=1S/C28H35FN6O2S/c1-6-33(7-2)13-9-10-18(3)30-25(36)16-23-17-38-28-31-20(5)26(27(37)34(23)28)24-14-19(4)35(32-24)22-12-8-11-21(29)15-22/h8,11-12,14-15,17-18H,6-7,9-10,13,16H2,1-5H3,(H,30,36). The molecule has 0 aliphatic carbocycles. The molecule has 1 unspecified atom stereocenters. The van der Waals surface area contributed by atoms with Gasteiger partial charge in [0.2, 0.25) is 5.91 Å². The molecule has 0 aliphatic rings. The maximum absolute atomic E-state index is 13.8. The van der Waals surface area contributed by atoms with Gasteiger partial charge in [0.05, 0.1) is 23.4 Å². The van der Waals surface area contributed by atoms with Gasteiger partial charge >= 0.3 is 0 Å². The minimum atomic E-state index is -0.363. The number of halogens is 1. The van der Waals surface area contributed by atoms with E-state index >= 15 is 0 Å². The summed E-state index contributed by atoms with van der Waals surface area (Å²) in [5.74, 6) is -0.488. The summed E-state index contributed by atoms with van der Waals surface area (Å²) in [6.45, 7) is 13.0. The largest absolute Gasteiger partial charge is 0.353 e. The van der Waals surface area contributed by atoms with Crippen molar-refractivity contribution in [1.29, 1.82) is 0 Å². The van der Waals surface area contributed by atoms with Crippen molar-refractivity contribution in [2.75, 3.05) is 19.6 Å². The van der Waals surface area contributed by atoms with Crippen molar-refractivity contribution in [3.63, 3.8) is 0 Å². The summed E-state index contributed by atoms with van der Waals surface area (Å²) >= 11 is 1.33. The molecule has 0 aliphatic heterocycles. The van der Waals surface area contributed by atoms with E-state index in [0.717, 1.165) is 38.2 Å². The zero-order chi connectivity index (χ0) is 27.4. The maximum atomic E-state index is 13.8. The van der Waals surface area contributed by atoms with Crippen LogP contribution in [0.5, 0.6) is 0 Å². The van der Waals surface area contributed by atoms with Crippen molar-refractivity contribution in [2.24, 2.45) is 0 Å². The Balaban J connectivity index is 1.55. The minimum absolute atomic E-state index is 0.0466. The molecule has 1 aromatic carbocycles. The van der Waals surface area contributed by atoms with E-state index in [9.17, 15) is 14.0 Å². The van der Waals surface area contributed by atoms with Crippen LogP contribution in [0.4, 0.5) is 4.39 Å². The zero-order valence-electron chi connectivity index (χ0n) is 22.6. The van der Waals surface area contributed by atoms with Gasteiger partial charge < -0.3 is 10.2 Å². The molecule has 38 heavy (non-hydrogen) atoms. The predicted octanol–water partition coefficient (Wildman–Crippen LogP) is 4.53. The second-order valence-corrected chi connectivity index (χ2v) is 10.4. The maximum Gasteiger partial charge on any atom is 0.268 e. The Kier molecular flexibility index (Phi) is 8.73. The topological polar surface area (TPSA) is 84.5 Å². The van der Waals surface area contributed by atoms with Gasteiger partial charge in [-0.15, -0.1) is 11.3 Å². The lowest BCUT2D eigenvalue weighted by Gasteiger charge is -2.19. The van der Waals surface area contributed by atoms with E-state index in [4.69, 9.17) is 0 Å². The smallest absolute Gasteiger partial charge is 0.268 e. The van der Waals surface area contributed by atoms with Crippen molar-refractivity contribution < 1.29 is 9.18 Å². The van der Waals surface area contributed by atoms with Gasteiger partial charge in [0.15, 0.2) is 4.96 Å². The van der Waals surface area contributed by atoms with Crippen LogP contribution < -0.4 is 10.9 Å².